The van der Waals surface area contributed by atoms with Gasteiger partial charge in [0.15, 0.2) is 5.96 Å². The molecule has 5 rings (SSSR count). The van der Waals surface area contributed by atoms with Crippen LogP contribution in [0.5, 0.6) is 11.5 Å². The van der Waals surface area contributed by atoms with Crippen molar-refractivity contribution in [2.24, 2.45) is 22.9 Å². The molecule has 45 nitrogen and oxygen atoms in total. The molecule has 1 heterocycles. The van der Waals surface area contributed by atoms with Gasteiger partial charge in [-0.3, -0.25) is 96.5 Å². The molecule has 0 saturated carbocycles. The molecule has 1 aromatic heterocycles. The molecule has 30 N–H and O–H groups in total. The van der Waals surface area contributed by atoms with E-state index in [-0.39, 0.29) is 79.6 Å². The Morgan fingerprint density at radius 3 is 1.28 bits per heavy atom. The van der Waals surface area contributed by atoms with Crippen LogP contribution in [0.1, 0.15) is 87.5 Å². The van der Waals surface area contributed by atoms with Crippen LogP contribution in [0, 0.1) is 5.41 Å². The van der Waals surface area contributed by atoms with E-state index in [0.29, 0.717) is 27.6 Å². The number of nitrogens with one attached hydrogen (secondary N) is 18. The highest BCUT2D eigenvalue weighted by Gasteiger charge is 2.37. The second-order valence-corrected chi connectivity index (χ2v) is 30.5. The topological polar surface area (TPSA) is 741 Å². The SMILES string of the molecule is CSCC[C@H](NC(=O)[C@H](C)NC(=O)[C@H](Cc1ccc(O)cc1)NC(=O)[C@H](Cc1ccccc1)NC(=O)CNC(=O)CNC(=O)[C@H](CCCNC(=N)N)NC(=O)[C@H](C)NC(=O)[C@@H](N)CS)C(=O)N[C@@H](CC(=O)O)C(=O)N[C@@H](Cc1ccc(O)cc1)C(=O)N[C@@H](Cc1c[nH]c2ccccc12)C(=O)N[C@@H](CCC(N)=O)C(=O)NCC(=O)N[C@@H](CCC(N)=O)C(=O)NCC(=O)O. The van der Waals surface area contributed by atoms with E-state index in [0.717, 1.165) is 0 Å². The molecule has 0 radical (unpaired) electrons. The number of rotatable bonds is 55. The van der Waals surface area contributed by atoms with Gasteiger partial charge in [0.2, 0.25) is 100 Å². The molecule has 47 heteroatoms. The van der Waals surface area contributed by atoms with Gasteiger partial charge in [0.1, 0.15) is 84.5 Å². The summed E-state index contributed by atoms with van der Waals surface area (Å²) in [5.74, 6) is -20.7. The monoisotopic (exact) mass is 1810 g/mol. The normalized spacial score (nSPS) is 13.7. The molecule has 5 aromatic rings. The third-order valence-electron chi connectivity index (χ3n) is 18.9. The van der Waals surface area contributed by atoms with Crippen molar-refractivity contribution >= 4 is 154 Å². The average molecular weight is 1810 g/mol. The van der Waals surface area contributed by atoms with E-state index < -0.39 is 250 Å². The molecule has 4 aromatic carbocycles. The van der Waals surface area contributed by atoms with E-state index >= 15 is 4.79 Å². The average Bonchev–Trinajstić information content (AvgIpc) is 1.70. The summed E-state index contributed by atoms with van der Waals surface area (Å²) in [4.78, 5) is 259. The van der Waals surface area contributed by atoms with Crippen LogP contribution >= 0.6 is 24.4 Å². The molecular formula is C80H108N22O23S2. The van der Waals surface area contributed by atoms with Gasteiger partial charge in [-0.15, -0.1) is 0 Å². The minimum Gasteiger partial charge on any atom is -0.508 e. The highest BCUT2D eigenvalue weighted by atomic mass is 32.2. The van der Waals surface area contributed by atoms with Crippen LogP contribution in [0.2, 0.25) is 0 Å². The number of carboxylic acid groups (broad SMARTS) is 2. The van der Waals surface area contributed by atoms with E-state index in [4.69, 9.17) is 33.5 Å². The number of aromatic nitrogens is 1. The molecule has 0 unspecified atom stereocenters. The molecule has 127 heavy (non-hydrogen) atoms. The zero-order valence-electron chi connectivity index (χ0n) is 69.5. The number of para-hydroxylation sites is 1. The fourth-order valence-corrected chi connectivity index (χ4v) is 12.8. The Bertz CT molecular complexity index is 4720. The van der Waals surface area contributed by atoms with Crippen molar-refractivity contribution in [1.29, 1.82) is 5.41 Å². The lowest BCUT2D eigenvalue weighted by molar-refractivity contribution is -0.141. The van der Waals surface area contributed by atoms with Crippen molar-refractivity contribution in [3.05, 3.63) is 132 Å². The number of carboxylic acids is 2. The van der Waals surface area contributed by atoms with Gasteiger partial charge in [-0.25, -0.2) is 0 Å². The van der Waals surface area contributed by atoms with Gasteiger partial charge >= 0.3 is 11.9 Å². The molecule has 0 saturated heterocycles. The van der Waals surface area contributed by atoms with E-state index in [9.17, 15) is 102 Å². The number of thioether (sulfide) groups is 1. The van der Waals surface area contributed by atoms with Crippen LogP contribution in [0.15, 0.2) is 109 Å². The fourth-order valence-electron chi connectivity index (χ4n) is 12.1. The summed E-state index contributed by atoms with van der Waals surface area (Å²) in [6.45, 7) is -0.641. The van der Waals surface area contributed by atoms with E-state index in [2.05, 4.69) is 103 Å². The second kappa shape index (κ2) is 53.1. The molecule has 0 bridgehead atoms. The first-order valence-corrected chi connectivity index (χ1v) is 41.8. The Labute approximate surface area is 737 Å². The van der Waals surface area contributed by atoms with Gasteiger partial charge in [0, 0.05) is 67.9 Å². The number of guanidine groups is 1. The minimum atomic E-state index is -2.07. The van der Waals surface area contributed by atoms with Crippen molar-refractivity contribution in [3.63, 3.8) is 0 Å². The summed E-state index contributed by atoms with van der Waals surface area (Å²) in [6.07, 6.45) is -1.39. The number of hydrogen-bond acceptors (Lipinski definition) is 25. The van der Waals surface area contributed by atoms with Crippen LogP contribution in [0.25, 0.3) is 10.9 Å². The molecule has 0 fully saturated rings. The molecular weight excluding hydrogens is 1700 g/mol. The number of aromatic amines is 1. The van der Waals surface area contributed by atoms with Crippen LogP contribution in [-0.2, 0) is 117 Å². The lowest BCUT2D eigenvalue weighted by Crippen LogP contribution is -2.61. The maximum atomic E-state index is 15.0. The first-order chi connectivity index (χ1) is 60.2. The molecule has 17 amide bonds. The minimum absolute atomic E-state index is 0.0314. The number of amides is 17. The van der Waals surface area contributed by atoms with Crippen LogP contribution < -0.4 is 108 Å². The summed E-state index contributed by atoms with van der Waals surface area (Å²) >= 11 is 5.18. The maximum absolute atomic E-state index is 15.0. The highest BCUT2D eigenvalue weighted by Crippen LogP contribution is 2.21. The summed E-state index contributed by atoms with van der Waals surface area (Å²) in [6, 6.07) is 6.94. The largest absolute Gasteiger partial charge is 0.508 e. The number of phenols is 2. The predicted molar refractivity (Wildman–Crippen MR) is 461 cm³/mol. The number of hydrogen-bond donors (Lipinski definition) is 27. The third kappa shape index (κ3) is 37.9. The van der Waals surface area contributed by atoms with E-state index in [1.807, 2.05) is 0 Å². The number of aliphatic carboxylic acids is 2. The Morgan fingerprint density at radius 1 is 0.409 bits per heavy atom. The third-order valence-corrected chi connectivity index (χ3v) is 20.0. The maximum Gasteiger partial charge on any atom is 0.322 e. The summed E-state index contributed by atoms with van der Waals surface area (Å²) in [7, 11) is 0. The van der Waals surface area contributed by atoms with Gasteiger partial charge in [0.05, 0.1) is 32.1 Å². The van der Waals surface area contributed by atoms with Crippen molar-refractivity contribution in [3.8, 4) is 11.5 Å². The van der Waals surface area contributed by atoms with Crippen molar-refractivity contribution < 1.29 is 112 Å². The van der Waals surface area contributed by atoms with Crippen LogP contribution in [0.4, 0.5) is 0 Å². The summed E-state index contributed by atoms with van der Waals surface area (Å²) in [5.41, 5.74) is 23.8. The predicted octanol–water partition coefficient (Wildman–Crippen LogP) is -6.95. The van der Waals surface area contributed by atoms with Gasteiger partial charge in [0.25, 0.3) is 0 Å². The molecule has 12 atom stereocenters. The van der Waals surface area contributed by atoms with Crippen LogP contribution in [0.3, 0.4) is 0 Å². The van der Waals surface area contributed by atoms with Crippen molar-refractivity contribution in [1.82, 2.24) is 90.1 Å². The number of thiol groups is 1. The van der Waals surface area contributed by atoms with E-state index in [1.165, 1.54) is 80.3 Å². The second-order valence-electron chi connectivity index (χ2n) is 29.1. The summed E-state index contributed by atoms with van der Waals surface area (Å²) < 4.78 is 0. The Hall–Kier alpha value is -14.1. The number of fused-ring (bicyclic) bond motifs is 1. The smallest absolute Gasteiger partial charge is 0.322 e. The molecule has 0 aliphatic carbocycles. The molecule has 0 spiro atoms. The standard InChI is InChI=1S/C80H108N22O23S2/c1-41(92-70(116)50(81)40-126)68(114)96-52(14-9-28-86-80(84)85)71(117)89-36-63(107)88-37-64(108)95-56(30-43-10-5-4-6-11-43)76(122)99-57(31-44-15-19-47(103)20-16-44)75(121)93-42(2)69(115)97-55(27-29-127-3)74(120)102-60(34-66(110)111)79(125)100-58(32-45-17-21-48(104)22-18-45)77(123)101-59(33-46-35-87-51-13-8-7-12-49(46)51)78(124)98-54(24-26-62(83)106)73(119)90-38-65(109)94-53(23-25-61(82)105)72(118)91-39-67(112)113/h4-8,10-13,15-22,35,41-42,50,52-60,87,103-104,126H,9,14,23-34,36-40,81H2,1-3H3,(H2,82,105)(H2,83,106)(H,88,107)(H,89,117)(H,90,119)(H,91,118)(H,92,116)(H,93,121)(H,94,109)(H,95,108)(H,96,114)(H,97,115)(H,98,124)(H,99,122)(H,100,125)(H,101,123)(H,102,120)(H,110,111)(H,112,113)(H4,84,85,86)/t41-,42-,50-,52-,53-,54-,55-,56-,57-,58-,59-,60-/m0/s1. The first kappa shape index (κ1) is 103. The van der Waals surface area contributed by atoms with Gasteiger partial charge < -0.3 is 133 Å². The molecule has 0 aliphatic rings. The highest BCUT2D eigenvalue weighted by molar-refractivity contribution is 7.98. The zero-order valence-corrected chi connectivity index (χ0v) is 71.2. The first-order valence-electron chi connectivity index (χ1n) is 39.7. The van der Waals surface area contributed by atoms with Gasteiger partial charge in [-0.05, 0) is 111 Å². The number of primary amides is 2. The Kier molecular flexibility index (Phi) is 43.3. The zero-order chi connectivity index (χ0) is 94.0. The van der Waals surface area contributed by atoms with E-state index in [1.54, 1.807) is 60.9 Å². The van der Waals surface area contributed by atoms with Crippen molar-refractivity contribution in [2.45, 2.75) is 163 Å². The number of nitrogens with two attached hydrogens (primary N) is 4. The number of H-pyrrole nitrogens is 1. The number of benzene rings is 4. The van der Waals surface area contributed by atoms with Crippen LogP contribution in [-0.4, -0.2) is 267 Å². The number of phenolic OH excluding ortho intramolecular Hbond substituents is 2. The molecule has 688 valence electrons. The van der Waals surface area contributed by atoms with Gasteiger partial charge in [-0.2, -0.15) is 24.4 Å². The number of carbonyl (C=O) groups excluding carboxylic acids is 17. The fraction of sp³-hybridized carbons (Fsp3) is 0.425. The lowest BCUT2D eigenvalue weighted by Gasteiger charge is -2.27. The van der Waals surface area contributed by atoms with Gasteiger partial charge in [-0.1, -0.05) is 72.8 Å². The Balaban J connectivity index is 1.36. The summed E-state index contributed by atoms with van der Waals surface area (Å²) in [5, 5.41) is 86.4. The number of carbonyl (C=O) groups is 19. The van der Waals surface area contributed by atoms with Crippen molar-refractivity contribution in [2.75, 3.05) is 50.5 Å². The quantitative estimate of drug-likeness (QED) is 0.00744. The number of aromatic hydroxyl groups is 2. The molecule has 0 aliphatic heterocycles. The Morgan fingerprint density at radius 2 is 0.795 bits per heavy atom. The lowest BCUT2D eigenvalue weighted by atomic mass is 10.0.